The van der Waals surface area contributed by atoms with Crippen molar-refractivity contribution in [2.45, 2.75) is 6.92 Å². The highest BCUT2D eigenvalue weighted by Gasteiger charge is 2.37. The third-order valence-corrected chi connectivity index (χ3v) is 3.65. The van der Waals surface area contributed by atoms with E-state index in [4.69, 9.17) is 9.47 Å². The third-order valence-electron chi connectivity index (χ3n) is 2.88. The Bertz CT molecular complexity index is 758. The van der Waals surface area contributed by atoms with Crippen molar-refractivity contribution in [3.05, 3.63) is 36.7 Å². The van der Waals surface area contributed by atoms with Crippen LogP contribution >= 0.6 is 11.3 Å². The van der Waals surface area contributed by atoms with E-state index < -0.39 is 21.2 Å². The zero-order valence-corrected chi connectivity index (χ0v) is 12.7. The molecule has 0 fully saturated rings. The molecular formula is C12H11N3O6S. The molecule has 22 heavy (non-hydrogen) atoms. The number of nitro benzene ring substituents is 2. The first-order valence-corrected chi connectivity index (χ1v) is 6.78. The molecule has 0 saturated heterocycles. The summed E-state index contributed by atoms with van der Waals surface area (Å²) in [6.45, 7) is 1.73. The number of rotatable bonds is 5. The van der Waals surface area contributed by atoms with Crippen LogP contribution in [0.4, 0.5) is 11.4 Å². The van der Waals surface area contributed by atoms with Gasteiger partial charge in [0.25, 0.3) is 0 Å². The molecule has 2 aromatic rings. The number of aryl methyl sites for hydroxylation is 1. The number of nitro groups is 2. The first-order valence-electron chi connectivity index (χ1n) is 5.91. The Hall–Kier alpha value is -2.75. The molecule has 0 bridgehead atoms. The van der Waals surface area contributed by atoms with Gasteiger partial charge in [0, 0.05) is 11.4 Å². The second kappa shape index (κ2) is 5.93. The number of thiazole rings is 1. The molecule has 10 heteroatoms. The number of aromatic nitrogens is 1. The summed E-state index contributed by atoms with van der Waals surface area (Å²) in [4.78, 5) is 25.2. The molecule has 0 aliphatic rings. The van der Waals surface area contributed by atoms with E-state index in [-0.39, 0.29) is 22.8 Å². The van der Waals surface area contributed by atoms with Crippen molar-refractivity contribution in [1.29, 1.82) is 0 Å². The predicted octanol–water partition coefficient (Wildman–Crippen LogP) is 2.95. The Balaban J connectivity index is 2.91. The fourth-order valence-corrected chi connectivity index (χ4v) is 2.62. The first-order chi connectivity index (χ1) is 10.4. The lowest BCUT2D eigenvalue weighted by molar-refractivity contribution is -0.422. The van der Waals surface area contributed by atoms with Gasteiger partial charge in [-0.2, -0.15) is 0 Å². The molecular weight excluding hydrogens is 314 g/mol. The fraction of sp³-hybridized carbons (Fsp3) is 0.250. The van der Waals surface area contributed by atoms with E-state index in [0.29, 0.717) is 5.01 Å². The van der Waals surface area contributed by atoms with Crippen molar-refractivity contribution < 1.29 is 19.3 Å². The minimum atomic E-state index is -0.859. The Morgan fingerprint density at radius 3 is 2.18 bits per heavy atom. The van der Waals surface area contributed by atoms with Gasteiger partial charge in [0.2, 0.25) is 5.75 Å². The van der Waals surface area contributed by atoms with E-state index in [1.54, 1.807) is 12.3 Å². The van der Waals surface area contributed by atoms with E-state index in [0.717, 1.165) is 0 Å². The molecule has 0 radical (unpaired) electrons. The first kappa shape index (κ1) is 15.6. The monoisotopic (exact) mass is 325 g/mol. The van der Waals surface area contributed by atoms with Crippen LogP contribution in [0.25, 0.3) is 11.3 Å². The highest BCUT2D eigenvalue weighted by molar-refractivity contribution is 7.09. The molecule has 1 aromatic heterocycles. The van der Waals surface area contributed by atoms with Crippen LogP contribution in [0.3, 0.4) is 0 Å². The summed E-state index contributed by atoms with van der Waals surface area (Å²) in [5.74, 6) is -0.268. The summed E-state index contributed by atoms with van der Waals surface area (Å²) in [5, 5.41) is 25.0. The second-order valence-corrected chi connectivity index (χ2v) is 5.19. The van der Waals surface area contributed by atoms with Crippen LogP contribution in [0.15, 0.2) is 11.4 Å². The summed E-state index contributed by atoms with van der Waals surface area (Å²) < 4.78 is 9.98. The maximum absolute atomic E-state index is 11.4. The molecule has 0 unspecified atom stereocenters. The van der Waals surface area contributed by atoms with Gasteiger partial charge in [0.15, 0.2) is 5.75 Å². The van der Waals surface area contributed by atoms with Crippen molar-refractivity contribution in [2.24, 2.45) is 0 Å². The number of methoxy groups -OCH3 is 2. The van der Waals surface area contributed by atoms with Gasteiger partial charge in [-0.15, -0.1) is 11.3 Å². The SMILES string of the molecule is COc1cc(-c2csc(C)n2)c([N+](=O)[O-])c([N+](=O)[O-])c1OC. The molecule has 2 rings (SSSR count). The normalized spacial score (nSPS) is 10.3. The molecule has 9 nitrogen and oxygen atoms in total. The highest BCUT2D eigenvalue weighted by Crippen LogP contribution is 2.49. The fourth-order valence-electron chi connectivity index (χ4n) is 2.00. The van der Waals surface area contributed by atoms with E-state index in [1.807, 2.05) is 0 Å². The minimum absolute atomic E-state index is 0.0127. The van der Waals surface area contributed by atoms with Gasteiger partial charge in [0.1, 0.15) is 0 Å². The van der Waals surface area contributed by atoms with Crippen molar-refractivity contribution >= 4 is 22.7 Å². The Morgan fingerprint density at radius 2 is 1.77 bits per heavy atom. The smallest absolute Gasteiger partial charge is 0.392 e. The van der Waals surface area contributed by atoms with Gasteiger partial charge in [-0.05, 0) is 6.92 Å². The van der Waals surface area contributed by atoms with Crippen molar-refractivity contribution in [3.63, 3.8) is 0 Å². The Labute approximate surface area is 128 Å². The third kappa shape index (κ3) is 2.55. The van der Waals surface area contributed by atoms with Gasteiger partial charge < -0.3 is 9.47 Å². The van der Waals surface area contributed by atoms with Crippen LogP contribution < -0.4 is 9.47 Å². The molecule has 0 spiro atoms. The summed E-state index contributed by atoms with van der Waals surface area (Å²) >= 11 is 1.28. The van der Waals surface area contributed by atoms with E-state index in [9.17, 15) is 20.2 Å². The molecule has 116 valence electrons. The number of nitrogens with zero attached hydrogens (tertiary/aromatic N) is 3. The predicted molar refractivity (Wildman–Crippen MR) is 78.7 cm³/mol. The van der Waals surface area contributed by atoms with E-state index >= 15 is 0 Å². The van der Waals surface area contributed by atoms with Crippen LogP contribution in [0, 0.1) is 27.2 Å². The molecule has 0 amide bonds. The zero-order chi connectivity index (χ0) is 16.4. The maximum atomic E-state index is 11.4. The zero-order valence-electron chi connectivity index (χ0n) is 11.9. The molecule has 0 atom stereocenters. The van der Waals surface area contributed by atoms with E-state index in [1.165, 1.54) is 31.6 Å². The molecule has 0 aliphatic heterocycles. The molecule has 0 saturated carbocycles. The van der Waals surface area contributed by atoms with Crippen LogP contribution in [0.2, 0.25) is 0 Å². The topological polar surface area (TPSA) is 118 Å². The largest absolute Gasteiger partial charge is 0.493 e. The lowest BCUT2D eigenvalue weighted by atomic mass is 10.1. The average Bonchev–Trinajstić information content (AvgIpc) is 2.90. The molecule has 0 N–H and O–H groups in total. The highest BCUT2D eigenvalue weighted by atomic mass is 32.1. The summed E-state index contributed by atoms with van der Waals surface area (Å²) in [6, 6.07) is 1.32. The van der Waals surface area contributed by atoms with Gasteiger partial charge in [-0.1, -0.05) is 0 Å². The molecule has 1 aromatic carbocycles. The average molecular weight is 325 g/mol. The molecule has 1 heterocycles. The van der Waals surface area contributed by atoms with Crippen molar-refractivity contribution in [3.8, 4) is 22.8 Å². The Morgan fingerprint density at radius 1 is 1.14 bits per heavy atom. The number of ether oxygens (including phenoxy) is 2. The number of benzene rings is 1. The maximum Gasteiger partial charge on any atom is 0.392 e. The molecule has 0 aliphatic carbocycles. The van der Waals surface area contributed by atoms with E-state index in [2.05, 4.69) is 4.98 Å². The number of hydrogen-bond acceptors (Lipinski definition) is 8. The standard InChI is InChI=1S/C12H11N3O6S/c1-6-13-8(5-22-6)7-4-9(20-2)12(21-3)11(15(18)19)10(7)14(16)17/h4-5H,1-3H3. The van der Waals surface area contributed by atoms with Crippen LogP contribution in [-0.4, -0.2) is 29.1 Å². The van der Waals surface area contributed by atoms with Crippen molar-refractivity contribution in [2.75, 3.05) is 14.2 Å². The summed E-state index contributed by atoms with van der Waals surface area (Å²) in [7, 11) is 2.48. The summed E-state index contributed by atoms with van der Waals surface area (Å²) in [6.07, 6.45) is 0. The minimum Gasteiger partial charge on any atom is -0.493 e. The number of hydrogen-bond donors (Lipinski definition) is 0. The summed E-state index contributed by atoms with van der Waals surface area (Å²) in [5.41, 5.74) is -1.14. The second-order valence-electron chi connectivity index (χ2n) is 4.12. The van der Waals surface area contributed by atoms with Gasteiger partial charge >= 0.3 is 11.4 Å². The van der Waals surface area contributed by atoms with Gasteiger partial charge in [0.05, 0.1) is 40.3 Å². The lowest BCUT2D eigenvalue weighted by Gasteiger charge is -2.10. The quantitative estimate of drug-likeness (QED) is 0.612. The van der Waals surface area contributed by atoms with Crippen LogP contribution in [0.1, 0.15) is 5.01 Å². The Kier molecular flexibility index (Phi) is 4.22. The lowest BCUT2D eigenvalue weighted by Crippen LogP contribution is -2.04. The van der Waals surface area contributed by atoms with Gasteiger partial charge in [-0.25, -0.2) is 4.98 Å². The van der Waals surface area contributed by atoms with Crippen LogP contribution in [-0.2, 0) is 0 Å². The van der Waals surface area contributed by atoms with Gasteiger partial charge in [-0.3, -0.25) is 20.2 Å². The van der Waals surface area contributed by atoms with Crippen LogP contribution in [0.5, 0.6) is 11.5 Å². The van der Waals surface area contributed by atoms with Crippen molar-refractivity contribution in [1.82, 2.24) is 4.98 Å².